The summed E-state index contributed by atoms with van der Waals surface area (Å²) in [5, 5.41) is 8.01. The number of thiophene rings is 2. The summed E-state index contributed by atoms with van der Waals surface area (Å²) in [5.74, 6) is 0. The van der Waals surface area contributed by atoms with E-state index in [1.54, 1.807) is 0 Å². The predicted molar refractivity (Wildman–Crippen MR) is 397 cm³/mol. The summed E-state index contributed by atoms with van der Waals surface area (Å²) in [6.45, 7) is 9.50. The van der Waals surface area contributed by atoms with E-state index >= 15 is 0 Å². The summed E-state index contributed by atoms with van der Waals surface area (Å²) in [6, 6.07) is 116. The van der Waals surface area contributed by atoms with E-state index < -0.39 is 0 Å². The summed E-state index contributed by atoms with van der Waals surface area (Å²) in [4.78, 5) is 4.79. The third-order valence-corrected chi connectivity index (χ3v) is 21.8. The van der Waals surface area contributed by atoms with Gasteiger partial charge in [0, 0.05) is 85.3 Å². The molecule has 0 bridgehead atoms. The Morgan fingerprint density at radius 3 is 1.03 bits per heavy atom. The van der Waals surface area contributed by atoms with Crippen LogP contribution in [-0.2, 0) is 10.8 Å². The Hall–Kier alpha value is -10.6. The molecule has 2 nitrogen and oxygen atoms in total. The van der Waals surface area contributed by atoms with Crippen LogP contribution in [0.3, 0.4) is 0 Å². The summed E-state index contributed by atoms with van der Waals surface area (Å²) in [5.41, 5.74) is 25.1. The first kappa shape index (κ1) is 55.4. The molecule has 18 rings (SSSR count). The van der Waals surface area contributed by atoms with Gasteiger partial charge < -0.3 is 9.80 Å². The smallest absolute Gasteiger partial charge is 0.0468 e. The van der Waals surface area contributed by atoms with Crippen LogP contribution in [0.25, 0.3) is 107 Å². The van der Waals surface area contributed by atoms with E-state index in [9.17, 15) is 0 Å². The lowest BCUT2D eigenvalue weighted by Crippen LogP contribution is -2.15. The van der Waals surface area contributed by atoms with Gasteiger partial charge in [-0.15, -0.1) is 22.7 Å². The zero-order valence-electron chi connectivity index (χ0n) is 51.7. The number of hydrogen-bond acceptors (Lipinski definition) is 4. The third kappa shape index (κ3) is 9.27. The van der Waals surface area contributed by atoms with Crippen molar-refractivity contribution in [3.8, 4) is 55.6 Å². The molecule has 16 aromatic rings. The molecular weight excluding hydrogens is 1150 g/mol. The molecule has 14 aromatic carbocycles. The lowest BCUT2D eigenvalue weighted by Gasteiger charge is -2.27. The van der Waals surface area contributed by atoms with Crippen LogP contribution in [0.5, 0.6) is 0 Å². The largest absolute Gasteiger partial charge is 0.310 e. The van der Waals surface area contributed by atoms with Crippen LogP contribution in [0.1, 0.15) is 49.9 Å². The molecule has 0 saturated heterocycles. The summed E-state index contributed by atoms with van der Waals surface area (Å²) in [6.07, 6.45) is 0. The van der Waals surface area contributed by atoms with Crippen LogP contribution < -0.4 is 9.80 Å². The highest BCUT2D eigenvalue weighted by Gasteiger charge is 2.39. The van der Waals surface area contributed by atoms with E-state index in [2.05, 4.69) is 353 Å². The number of nitrogens with zero attached hydrogens (tertiary/aromatic N) is 2. The molecule has 2 aromatic heterocycles. The lowest BCUT2D eigenvalue weighted by atomic mass is 9.82. The Bertz CT molecular complexity index is 5410. The standard InChI is InChI=1S/C45H33NS.C43H31NS/c1-45(2)39-26-25-36(29-38(39)43-40(45)27-28-42-44(43)37-15-9-10-16-41(37)47-42)46(34-21-17-32(18-22-34)30-11-5-3-6-12-30)35-23-19-33(20-24-35)31-13-7-4-8-14-31;1-43(2)37-23-22-34(27-36(37)41-38(43)24-25-40-42(41)35-14-8-9-15-39(35)45-40)44(32-12-4-3-5-13-32)33-20-18-29(19-21-33)31-17-16-28-10-6-7-11-30(28)26-31/h3-29H,1-2H3;3-27H,1-2H3. The Kier molecular flexibility index (Phi) is 13.3. The first-order valence-electron chi connectivity index (χ1n) is 31.9. The van der Waals surface area contributed by atoms with E-state index in [4.69, 9.17) is 0 Å². The van der Waals surface area contributed by atoms with Gasteiger partial charge in [-0.3, -0.25) is 0 Å². The first-order valence-corrected chi connectivity index (χ1v) is 33.5. The molecule has 0 atom stereocenters. The van der Waals surface area contributed by atoms with Crippen LogP contribution in [0.2, 0.25) is 0 Å². The highest BCUT2D eigenvalue weighted by molar-refractivity contribution is 7.26. The Labute approximate surface area is 545 Å². The average molecular weight is 1210 g/mol. The van der Waals surface area contributed by atoms with Crippen LogP contribution in [0.15, 0.2) is 315 Å². The van der Waals surface area contributed by atoms with Gasteiger partial charge in [-0.25, -0.2) is 0 Å². The molecule has 0 unspecified atom stereocenters. The predicted octanol–water partition coefficient (Wildman–Crippen LogP) is 25.8. The molecule has 2 heterocycles. The molecular formula is C88H64N2S2. The van der Waals surface area contributed by atoms with Gasteiger partial charge in [-0.1, -0.05) is 240 Å². The minimum Gasteiger partial charge on any atom is -0.310 e. The maximum absolute atomic E-state index is 2.44. The third-order valence-electron chi connectivity index (χ3n) is 19.5. The van der Waals surface area contributed by atoms with E-state index in [1.807, 2.05) is 22.7 Å². The minimum atomic E-state index is -0.0834. The summed E-state index contributed by atoms with van der Waals surface area (Å²) < 4.78 is 5.40. The van der Waals surface area contributed by atoms with Crippen molar-refractivity contribution in [1.29, 1.82) is 0 Å². The van der Waals surface area contributed by atoms with Crippen molar-refractivity contribution in [3.63, 3.8) is 0 Å². The molecule has 0 amide bonds. The quantitative estimate of drug-likeness (QED) is 0.142. The Morgan fingerprint density at radius 2 is 0.576 bits per heavy atom. The highest BCUT2D eigenvalue weighted by atomic mass is 32.1. The van der Waals surface area contributed by atoms with Gasteiger partial charge in [0.2, 0.25) is 0 Å². The Balaban J connectivity index is 0.000000141. The van der Waals surface area contributed by atoms with Gasteiger partial charge >= 0.3 is 0 Å². The molecule has 0 N–H and O–H groups in total. The van der Waals surface area contributed by atoms with Crippen molar-refractivity contribution in [2.75, 3.05) is 9.80 Å². The van der Waals surface area contributed by atoms with Crippen molar-refractivity contribution in [3.05, 3.63) is 338 Å². The minimum absolute atomic E-state index is 0.0699. The molecule has 0 aliphatic heterocycles. The fourth-order valence-corrected chi connectivity index (χ4v) is 17.1. The number of benzene rings is 14. The van der Waals surface area contributed by atoms with Gasteiger partial charge in [0.05, 0.1) is 0 Å². The topological polar surface area (TPSA) is 6.48 Å². The van der Waals surface area contributed by atoms with Crippen LogP contribution in [-0.4, -0.2) is 0 Å². The molecule has 0 saturated carbocycles. The van der Waals surface area contributed by atoms with Crippen molar-refractivity contribution in [2.24, 2.45) is 0 Å². The number of hydrogen-bond donors (Lipinski definition) is 0. The maximum atomic E-state index is 2.44. The number of fused-ring (bicyclic) bond motifs is 15. The van der Waals surface area contributed by atoms with Crippen molar-refractivity contribution in [2.45, 2.75) is 38.5 Å². The van der Waals surface area contributed by atoms with Gasteiger partial charge in [0.15, 0.2) is 0 Å². The van der Waals surface area contributed by atoms with E-state index in [0.717, 1.165) is 28.4 Å². The zero-order chi connectivity index (χ0) is 61.7. The van der Waals surface area contributed by atoms with E-state index in [-0.39, 0.29) is 10.8 Å². The van der Waals surface area contributed by atoms with E-state index in [0.29, 0.717) is 0 Å². The highest BCUT2D eigenvalue weighted by Crippen LogP contribution is 2.57. The molecule has 92 heavy (non-hydrogen) atoms. The number of para-hydroxylation sites is 1. The van der Waals surface area contributed by atoms with Crippen molar-refractivity contribution >= 4 is 108 Å². The van der Waals surface area contributed by atoms with E-state index in [1.165, 1.54) is 135 Å². The molecule has 438 valence electrons. The fraction of sp³-hybridized carbons (Fsp3) is 0.0682. The monoisotopic (exact) mass is 1210 g/mol. The molecule has 0 fully saturated rings. The summed E-state index contributed by atoms with van der Waals surface area (Å²) in [7, 11) is 0. The maximum Gasteiger partial charge on any atom is 0.0468 e. The van der Waals surface area contributed by atoms with Gasteiger partial charge in [-0.05, 0) is 192 Å². The van der Waals surface area contributed by atoms with Gasteiger partial charge in [0.1, 0.15) is 0 Å². The SMILES string of the molecule is CC1(C)c2ccc(N(c3ccc(-c4ccccc4)cc3)c3ccc(-c4ccccc4)cc3)cc2-c2c1ccc1sc3ccccc3c21.CC1(C)c2ccc(N(c3ccccc3)c3ccc(-c4ccc5ccccc5c4)cc3)cc2-c2c1ccc1sc3ccccc3c21. The van der Waals surface area contributed by atoms with Gasteiger partial charge in [0.25, 0.3) is 0 Å². The van der Waals surface area contributed by atoms with Crippen LogP contribution in [0, 0.1) is 0 Å². The van der Waals surface area contributed by atoms with Gasteiger partial charge in [-0.2, -0.15) is 0 Å². The molecule has 0 radical (unpaired) electrons. The summed E-state index contributed by atoms with van der Waals surface area (Å²) >= 11 is 3.79. The lowest BCUT2D eigenvalue weighted by molar-refractivity contribution is 0.661. The Morgan fingerprint density at radius 1 is 0.239 bits per heavy atom. The molecule has 4 heteroatoms. The van der Waals surface area contributed by atoms with Crippen LogP contribution >= 0.6 is 22.7 Å². The number of anilines is 6. The molecule has 0 spiro atoms. The zero-order valence-corrected chi connectivity index (χ0v) is 53.4. The molecule has 2 aliphatic rings. The first-order chi connectivity index (χ1) is 45.1. The second kappa shape index (κ2) is 22.1. The van der Waals surface area contributed by atoms with Crippen LogP contribution in [0.4, 0.5) is 34.1 Å². The molecule has 2 aliphatic carbocycles. The fourth-order valence-electron chi connectivity index (χ4n) is 14.9. The number of rotatable bonds is 9. The second-order valence-electron chi connectivity index (χ2n) is 25.6. The van der Waals surface area contributed by atoms with Crippen molar-refractivity contribution in [1.82, 2.24) is 0 Å². The second-order valence-corrected chi connectivity index (χ2v) is 27.7. The normalized spacial score (nSPS) is 13.2. The van der Waals surface area contributed by atoms with Crippen molar-refractivity contribution < 1.29 is 0 Å². The average Bonchev–Trinajstić information content (AvgIpc) is 1.56.